The van der Waals surface area contributed by atoms with Crippen LogP contribution in [0.3, 0.4) is 0 Å². The van der Waals surface area contributed by atoms with E-state index in [0.29, 0.717) is 29.2 Å². The summed E-state index contributed by atoms with van der Waals surface area (Å²) < 4.78 is 25.9. The van der Waals surface area contributed by atoms with Crippen LogP contribution in [0.5, 0.6) is 11.5 Å². The van der Waals surface area contributed by atoms with Crippen molar-refractivity contribution in [3.63, 3.8) is 0 Å². The van der Waals surface area contributed by atoms with Gasteiger partial charge in [-0.05, 0) is 48.0 Å². The van der Waals surface area contributed by atoms with Gasteiger partial charge >= 0.3 is 0 Å². The Hall–Kier alpha value is -3.87. The van der Waals surface area contributed by atoms with Crippen LogP contribution >= 0.6 is 0 Å². The smallest absolute Gasteiger partial charge is 0.211 e. The average molecular weight is 391 g/mol. The topological polar surface area (TPSA) is 64.9 Å². The number of imidazole rings is 1. The van der Waals surface area contributed by atoms with Crippen molar-refractivity contribution in [1.82, 2.24) is 9.38 Å². The number of nitrogens with zero attached hydrogens (tertiary/aromatic N) is 2. The van der Waals surface area contributed by atoms with Gasteiger partial charge in [-0.15, -0.1) is 0 Å². The molecule has 0 aliphatic heterocycles. The second kappa shape index (κ2) is 7.63. The number of hydrogen-bond acceptors (Lipinski definition) is 4. The Morgan fingerprint density at radius 3 is 2.38 bits per heavy atom. The average Bonchev–Trinajstić information content (AvgIpc) is 3.18. The van der Waals surface area contributed by atoms with E-state index in [4.69, 9.17) is 9.47 Å². The summed E-state index contributed by atoms with van der Waals surface area (Å²) in [5, 5.41) is 2.71. The zero-order valence-electron chi connectivity index (χ0n) is 15.8. The molecule has 4 aromatic rings. The van der Waals surface area contributed by atoms with E-state index in [1.807, 2.05) is 34.9 Å². The third-order valence-electron chi connectivity index (χ3n) is 4.68. The van der Waals surface area contributed by atoms with E-state index in [0.717, 1.165) is 22.4 Å². The minimum Gasteiger partial charge on any atom is -0.493 e. The van der Waals surface area contributed by atoms with Crippen LogP contribution < -0.4 is 14.8 Å². The summed E-state index contributed by atoms with van der Waals surface area (Å²) in [5.74, 6) is 0.912. The molecule has 2 heterocycles. The fraction of sp³-hybridized carbons (Fsp3) is 0.0909. The Labute approximate surface area is 166 Å². The number of amides is 1. The van der Waals surface area contributed by atoms with Gasteiger partial charge in [-0.2, -0.15) is 0 Å². The lowest BCUT2D eigenvalue weighted by atomic mass is 10.1. The Bertz CT molecular complexity index is 1190. The van der Waals surface area contributed by atoms with Crippen LogP contribution in [-0.2, 0) is 4.79 Å². The van der Waals surface area contributed by atoms with E-state index in [1.54, 1.807) is 32.5 Å². The van der Waals surface area contributed by atoms with Crippen LogP contribution in [0, 0.1) is 5.82 Å². The lowest BCUT2D eigenvalue weighted by molar-refractivity contribution is -0.105. The number of nitrogens with one attached hydrogen (secondary N) is 1. The fourth-order valence-corrected chi connectivity index (χ4v) is 3.26. The normalized spacial score (nSPS) is 10.7. The van der Waals surface area contributed by atoms with E-state index in [2.05, 4.69) is 10.3 Å². The number of anilines is 1. The van der Waals surface area contributed by atoms with E-state index >= 15 is 0 Å². The van der Waals surface area contributed by atoms with Gasteiger partial charge in [0.2, 0.25) is 6.41 Å². The third-order valence-corrected chi connectivity index (χ3v) is 4.68. The lowest BCUT2D eigenvalue weighted by Gasteiger charge is -2.12. The molecular weight excluding hydrogens is 373 g/mol. The van der Waals surface area contributed by atoms with E-state index in [-0.39, 0.29) is 5.82 Å². The van der Waals surface area contributed by atoms with Crippen molar-refractivity contribution < 1.29 is 18.7 Å². The summed E-state index contributed by atoms with van der Waals surface area (Å²) >= 11 is 0. The van der Waals surface area contributed by atoms with Gasteiger partial charge in [-0.25, -0.2) is 9.37 Å². The first-order chi connectivity index (χ1) is 14.1. The molecule has 0 spiro atoms. The fourth-order valence-electron chi connectivity index (χ4n) is 3.26. The quantitative estimate of drug-likeness (QED) is 0.495. The van der Waals surface area contributed by atoms with Gasteiger partial charge in [0.25, 0.3) is 0 Å². The number of pyridine rings is 1. The van der Waals surface area contributed by atoms with Crippen molar-refractivity contribution in [1.29, 1.82) is 0 Å². The molecule has 1 amide bonds. The number of ether oxygens (including phenoxy) is 2. The summed E-state index contributed by atoms with van der Waals surface area (Å²) in [6.07, 6.45) is 4.22. The predicted molar refractivity (Wildman–Crippen MR) is 109 cm³/mol. The summed E-state index contributed by atoms with van der Waals surface area (Å²) in [4.78, 5) is 15.6. The number of hydrogen-bond donors (Lipinski definition) is 1. The van der Waals surface area contributed by atoms with Gasteiger partial charge in [0.15, 0.2) is 17.1 Å². The minimum atomic E-state index is -0.308. The monoisotopic (exact) mass is 391 g/mol. The highest BCUT2D eigenvalue weighted by Gasteiger charge is 2.14. The summed E-state index contributed by atoms with van der Waals surface area (Å²) in [5.41, 5.74) is 4.43. The van der Waals surface area contributed by atoms with Crippen molar-refractivity contribution in [3.8, 4) is 33.9 Å². The number of rotatable bonds is 6. The molecule has 2 aromatic carbocycles. The molecule has 7 heteroatoms. The van der Waals surface area contributed by atoms with Crippen molar-refractivity contribution in [2.24, 2.45) is 0 Å². The largest absolute Gasteiger partial charge is 0.493 e. The minimum absolute atomic E-state index is 0.308. The maximum Gasteiger partial charge on any atom is 0.211 e. The molecule has 0 radical (unpaired) electrons. The summed E-state index contributed by atoms with van der Waals surface area (Å²) in [6.45, 7) is 0. The predicted octanol–water partition coefficient (Wildman–Crippen LogP) is 4.39. The molecule has 0 saturated carbocycles. The molecule has 0 aliphatic carbocycles. The maximum absolute atomic E-state index is 13.3. The zero-order valence-corrected chi connectivity index (χ0v) is 15.8. The Kier molecular flexibility index (Phi) is 4.87. The molecule has 0 atom stereocenters. The van der Waals surface area contributed by atoms with Gasteiger partial charge in [-0.1, -0.05) is 6.07 Å². The van der Waals surface area contributed by atoms with Crippen LogP contribution in [0.4, 0.5) is 10.1 Å². The van der Waals surface area contributed by atoms with E-state index < -0.39 is 0 Å². The van der Waals surface area contributed by atoms with Crippen LogP contribution in [0.2, 0.25) is 0 Å². The number of aromatic nitrogens is 2. The lowest BCUT2D eigenvalue weighted by Crippen LogP contribution is -2.00. The standard InChI is InChI=1S/C22H18FN3O3/c1-28-20-8-5-15(10-21(20)29-2)16-9-18(25-13-27)22-24-11-19(26(22)12-16)14-3-6-17(23)7-4-14/h3-13H,1-2H3,(H,25,27). The molecule has 0 unspecified atom stereocenters. The second-order valence-electron chi connectivity index (χ2n) is 6.32. The number of carbonyl (C=O) groups excluding carboxylic acids is 1. The number of fused-ring (bicyclic) bond motifs is 1. The first-order valence-electron chi connectivity index (χ1n) is 8.84. The molecule has 1 N–H and O–H groups in total. The molecule has 0 saturated heterocycles. The second-order valence-corrected chi connectivity index (χ2v) is 6.32. The molecule has 0 aliphatic rings. The first-order valence-corrected chi connectivity index (χ1v) is 8.84. The Morgan fingerprint density at radius 1 is 0.966 bits per heavy atom. The van der Waals surface area contributed by atoms with Crippen molar-refractivity contribution in [2.45, 2.75) is 0 Å². The highest BCUT2D eigenvalue weighted by molar-refractivity contribution is 5.86. The molecular formula is C22H18FN3O3. The number of halogens is 1. The van der Waals surface area contributed by atoms with E-state index in [1.165, 1.54) is 12.1 Å². The Balaban J connectivity index is 1.92. The molecule has 0 fully saturated rings. The zero-order chi connectivity index (χ0) is 20.4. The van der Waals surface area contributed by atoms with Gasteiger partial charge < -0.3 is 14.8 Å². The molecule has 4 rings (SSSR count). The first kappa shape index (κ1) is 18.5. The maximum atomic E-state index is 13.3. The van der Waals surface area contributed by atoms with Crippen LogP contribution in [0.25, 0.3) is 28.0 Å². The molecule has 0 bridgehead atoms. The van der Waals surface area contributed by atoms with Gasteiger partial charge in [0, 0.05) is 17.3 Å². The van der Waals surface area contributed by atoms with E-state index in [9.17, 15) is 9.18 Å². The van der Waals surface area contributed by atoms with Crippen LogP contribution in [0.1, 0.15) is 0 Å². The number of carbonyl (C=O) groups is 1. The number of methoxy groups -OCH3 is 2. The van der Waals surface area contributed by atoms with Gasteiger partial charge in [-0.3, -0.25) is 9.20 Å². The van der Waals surface area contributed by atoms with Crippen LogP contribution in [-0.4, -0.2) is 30.0 Å². The Morgan fingerprint density at radius 2 is 1.69 bits per heavy atom. The third kappa shape index (κ3) is 3.38. The summed E-state index contributed by atoms with van der Waals surface area (Å²) in [6, 6.07) is 13.6. The van der Waals surface area contributed by atoms with Crippen LogP contribution in [0.15, 0.2) is 60.9 Å². The summed E-state index contributed by atoms with van der Waals surface area (Å²) in [7, 11) is 3.16. The van der Waals surface area contributed by atoms with Crippen molar-refractivity contribution in [2.75, 3.05) is 19.5 Å². The molecule has 2 aromatic heterocycles. The van der Waals surface area contributed by atoms with Crippen molar-refractivity contribution in [3.05, 3.63) is 66.7 Å². The molecule has 29 heavy (non-hydrogen) atoms. The highest BCUT2D eigenvalue weighted by atomic mass is 19.1. The van der Waals surface area contributed by atoms with Gasteiger partial charge in [0.05, 0.1) is 31.8 Å². The SMILES string of the molecule is COc1ccc(-c2cc(NC=O)c3ncc(-c4ccc(F)cc4)n3c2)cc1OC. The molecule has 6 nitrogen and oxygen atoms in total. The van der Waals surface area contributed by atoms with Gasteiger partial charge in [0.1, 0.15) is 5.82 Å². The molecule has 146 valence electrons. The number of benzene rings is 2. The van der Waals surface area contributed by atoms with Crippen molar-refractivity contribution >= 4 is 17.7 Å². The highest BCUT2D eigenvalue weighted by Crippen LogP contribution is 2.35.